The third kappa shape index (κ3) is 4.59. The smallest absolute Gasteiger partial charge is 0.338 e. The third-order valence-corrected chi connectivity index (χ3v) is 4.85. The number of urea groups is 1. The van der Waals surface area contributed by atoms with Crippen LogP contribution in [0.25, 0.3) is 0 Å². The Kier molecular flexibility index (Phi) is 6.83. The number of allylic oxidation sites excluding steroid dienone is 1. The van der Waals surface area contributed by atoms with E-state index in [9.17, 15) is 9.59 Å². The fourth-order valence-corrected chi connectivity index (χ4v) is 3.36. The van der Waals surface area contributed by atoms with E-state index < -0.39 is 18.0 Å². The first-order chi connectivity index (χ1) is 11.4. The van der Waals surface area contributed by atoms with Crippen molar-refractivity contribution in [3.8, 4) is 0 Å². The Balaban J connectivity index is 2.28. The normalized spacial score (nSPS) is 17.3. The molecule has 0 saturated carbocycles. The van der Waals surface area contributed by atoms with Crippen LogP contribution in [0, 0.1) is 0 Å². The fraction of sp³-hybridized carbons (Fsp3) is 0.375. The number of rotatable bonds is 6. The van der Waals surface area contributed by atoms with Crippen LogP contribution in [0.15, 0.2) is 29.5 Å². The molecule has 1 atom stereocenters. The molecule has 0 aromatic heterocycles. The van der Waals surface area contributed by atoms with Crippen LogP contribution in [0.5, 0.6) is 0 Å². The zero-order valence-corrected chi connectivity index (χ0v) is 15.6. The number of carbonyl (C=O) groups is 2. The van der Waals surface area contributed by atoms with E-state index in [0.717, 1.165) is 11.5 Å². The molecule has 24 heavy (non-hydrogen) atoms. The zero-order chi connectivity index (χ0) is 17.7. The van der Waals surface area contributed by atoms with Crippen molar-refractivity contribution in [2.24, 2.45) is 0 Å². The van der Waals surface area contributed by atoms with Crippen molar-refractivity contribution < 1.29 is 14.3 Å². The Labute approximate surface area is 155 Å². The molecule has 0 bridgehead atoms. The Morgan fingerprint density at radius 2 is 2.12 bits per heavy atom. The van der Waals surface area contributed by atoms with E-state index >= 15 is 0 Å². The summed E-state index contributed by atoms with van der Waals surface area (Å²) < 4.78 is 5.33. The van der Waals surface area contributed by atoms with Gasteiger partial charge in [0.15, 0.2) is 0 Å². The average Bonchev–Trinajstić information content (AvgIpc) is 2.50. The highest BCUT2D eigenvalue weighted by Crippen LogP contribution is 2.33. The molecular formula is C16H18Cl2N2O3S. The van der Waals surface area contributed by atoms with Crippen LogP contribution in [-0.4, -0.2) is 30.1 Å². The van der Waals surface area contributed by atoms with Gasteiger partial charge >= 0.3 is 12.0 Å². The number of benzene rings is 1. The summed E-state index contributed by atoms with van der Waals surface area (Å²) in [6.07, 6.45) is 0. The summed E-state index contributed by atoms with van der Waals surface area (Å²) in [4.78, 5) is 24.3. The predicted molar refractivity (Wildman–Crippen MR) is 97.5 cm³/mol. The maximum absolute atomic E-state index is 12.5. The molecule has 1 aliphatic rings. The quantitative estimate of drug-likeness (QED) is 0.572. The molecule has 1 aliphatic heterocycles. The van der Waals surface area contributed by atoms with Gasteiger partial charge in [0.2, 0.25) is 0 Å². The molecule has 2 rings (SSSR count). The van der Waals surface area contributed by atoms with E-state index in [4.69, 9.17) is 27.9 Å². The van der Waals surface area contributed by atoms with Crippen LogP contribution >= 0.6 is 35.0 Å². The maximum atomic E-state index is 12.5. The first-order valence-electron chi connectivity index (χ1n) is 7.42. The molecule has 2 N–H and O–H groups in total. The molecule has 1 aromatic carbocycles. The van der Waals surface area contributed by atoms with Crippen molar-refractivity contribution in [3.63, 3.8) is 0 Å². The molecule has 130 valence electrons. The van der Waals surface area contributed by atoms with Gasteiger partial charge in [-0.2, -0.15) is 11.8 Å². The van der Waals surface area contributed by atoms with Crippen LogP contribution in [0.2, 0.25) is 10.0 Å². The van der Waals surface area contributed by atoms with E-state index in [0.29, 0.717) is 33.5 Å². The fourth-order valence-electron chi connectivity index (χ4n) is 2.35. The summed E-state index contributed by atoms with van der Waals surface area (Å²) in [5.74, 6) is 1.20. The summed E-state index contributed by atoms with van der Waals surface area (Å²) in [7, 11) is 0. The highest BCUT2D eigenvalue weighted by Gasteiger charge is 2.33. The second kappa shape index (κ2) is 8.65. The molecule has 0 spiro atoms. The number of nitrogens with one attached hydrogen (secondary N) is 2. The molecule has 0 radical (unpaired) electrons. The lowest BCUT2D eigenvalue weighted by Gasteiger charge is -2.28. The van der Waals surface area contributed by atoms with Crippen molar-refractivity contribution in [2.45, 2.75) is 19.9 Å². The number of hydrogen-bond acceptors (Lipinski definition) is 4. The molecule has 0 aliphatic carbocycles. The van der Waals surface area contributed by atoms with Gasteiger partial charge < -0.3 is 15.4 Å². The van der Waals surface area contributed by atoms with Crippen molar-refractivity contribution in [2.75, 3.05) is 18.1 Å². The summed E-state index contributed by atoms with van der Waals surface area (Å²) >= 11 is 13.8. The molecule has 8 heteroatoms. The van der Waals surface area contributed by atoms with Crippen LogP contribution in [0.3, 0.4) is 0 Å². The predicted octanol–water partition coefficient (Wildman–Crippen LogP) is 3.92. The number of thioether (sulfide) groups is 1. The number of carbonyl (C=O) groups excluding carboxylic acids is 2. The summed E-state index contributed by atoms with van der Waals surface area (Å²) in [5.41, 5.74) is 1.37. The van der Waals surface area contributed by atoms with E-state index in [1.807, 2.05) is 6.92 Å². The largest absolute Gasteiger partial charge is 0.461 e. The van der Waals surface area contributed by atoms with Crippen LogP contribution in [0.1, 0.15) is 25.5 Å². The van der Waals surface area contributed by atoms with Gasteiger partial charge in [0, 0.05) is 21.5 Å². The van der Waals surface area contributed by atoms with E-state index in [-0.39, 0.29) is 0 Å². The average molecular weight is 389 g/mol. The molecule has 0 saturated heterocycles. The van der Waals surface area contributed by atoms with Gasteiger partial charge in [-0.15, -0.1) is 0 Å². The molecular weight excluding hydrogens is 371 g/mol. The summed E-state index contributed by atoms with van der Waals surface area (Å²) in [5, 5.41) is 6.16. The molecule has 1 unspecified atom stereocenters. The lowest BCUT2D eigenvalue weighted by Crippen LogP contribution is -2.45. The highest BCUT2D eigenvalue weighted by atomic mass is 35.5. The number of ether oxygens (including phenoxy) is 1. The number of esters is 1. The molecule has 0 fully saturated rings. The van der Waals surface area contributed by atoms with Crippen LogP contribution < -0.4 is 10.6 Å². The van der Waals surface area contributed by atoms with Crippen molar-refractivity contribution >= 4 is 47.0 Å². The molecule has 1 aromatic rings. The highest BCUT2D eigenvalue weighted by molar-refractivity contribution is 7.99. The van der Waals surface area contributed by atoms with Gasteiger partial charge in [0.25, 0.3) is 0 Å². The second-order valence-corrected chi connectivity index (χ2v) is 7.31. The lowest BCUT2D eigenvalue weighted by molar-refractivity contribution is -0.138. The second-order valence-electron chi connectivity index (χ2n) is 5.07. The summed E-state index contributed by atoms with van der Waals surface area (Å²) in [6.45, 7) is 4.01. The van der Waals surface area contributed by atoms with Gasteiger partial charge in [-0.3, -0.25) is 0 Å². The van der Waals surface area contributed by atoms with Gasteiger partial charge in [-0.25, -0.2) is 9.59 Å². The van der Waals surface area contributed by atoms with Crippen molar-refractivity contribution in [3.05, 3.63) is 45.1 Å². The minimum atomic E-state index is -0.685. The Hall–Kier alpha value is -1.37. The van der Waals surface area contributed by atoms with Crippen LogP contribution in [-0.2, 0) is 9.53 Å². The van der Waals surface area contributed by atoms with Crippen molar-refractivity contribution in [1.29, 1.82) is 0 Å². The first kappa shape index (κ1) is 19.0. The number of halogens is 2. The molecule has 1 heterocycles. The minimum absolute atomic E-state index is 0.309. The van der Waals surface area contributed by atoms with E-state index in [2.05, 4.69) is 10.6 Å². The molecule has 2 amide bonds. The monoisotopic (exact) mass is 388 g/mol. The Morgan fingerprint density at radius 3 is 2.79 bits per heavy atom. The maximum Gasteiger partial charge on any atom is 0.338 e. The Morgan fingerprint density at radius 1 is 1.38 bits per heavy atom. The van der Waals surface area contributed by atoms with Crippen molar-refractivity contribution in [1.82, 2.24) is 10.6 Å². The number of amides is 2. The zero-order valence-electron chi connectivity index (χ0n) is 13.3. The SMILES string of the molecule is CCSCCOC(=O)C1=C(C)NC(=O)NC1c1ccc(Cl)cc1Cl. The van der Waals surface area contributed by atoms with Crippen LogP contribution in [0.4, 0.5) is 4.79 Å². The lowest BCUT2D eigenvalue weighted by atomic mass is 9.95. The standard InChI is InChI=1S/C16H18Cl2N2O3S/c1-3-24-7-6-23-15(21)13-9(2)19-16(22)20-14(13)11-5-4-10(17)8-12(11)18/h4-5,8,14H,3,6-7H2,1-2H3,(H2,19,20,22). The first-order valence-corrected chi connectivity index (χ1v) is 9.33. The van der Waals surface area contributed by atoms with Gasteiger partial charge in [0.05, 0.1) is 11.6 Å². The van der Waals surface area contributed by atoms with E-state index in [1.165, 1.54) is 0 Å². The van der Waals surface area contributed by atoms with Gasteiger partial charge in [-0.05, 0) is 30.4 Å². The summed E-state index contributed by atoms with van der Waals surface area (Å²) in [6, 6.07) is 3.83. The minimum Gasteiger partial charge on any atom is -0.461 e. The van der Waals surface area contributed by atoms with Gasteiger partial charge in [-0.1, -0.05) is 36.2 Å². The topological polar surface area (TPSA) is 67.4 Å². The molecule has 5 nitrogen and oxygen atoms in total. The number of hydrogen-bond donors (Lipinski definition) is 2. The Bertz CT molecular complexity index is 679. The van der Waals surface area contributed by atoms with E-state index in [1.54, 1.807) is 36.9 Å². The third-order valence-electron chi connectivity index (χ3n) is 3.43. The van der Waals surface area contributed by atoms with Gasteiger partial charge in [0.1, 0.15) is 6.61 Å².